The van der Waals surface area contributed by atoms with Crippen LogP contribution in [0.4, 0.5) is 13.2 Å². The number of carbonyl (C=O) groups excluding carboxylic acids is 1. The molecule has 132 valence electrons. The van der Waals surface area contributed by atoms with E-state index in [-0.39, 0.29) is 17.7 Å². The first-order valence-corrected chi connectivity index (χ1v) is 7.93. The summed E-state index contributed by atoms with van der Waals surface area (Å²) in [5.74, 6) is 0.128. The van der Waals surface area contributed by atoms with Gasteiger partial charge in [0.15, 0.2) is 0 Å². The van der Waals surface area contributed by atoms with Crippen molar-refractivity contribution in [1.82, 2.24) is 10.3 Å². The lowest BCUT2D eigenvalue weighted by Gasteiger charge is -2.19. The molecule has 0 bridgehead atoms. The van der Waals surface area contributed by atoms with Gasteiger partial charge in [0.25, 0.3) is 11.5 Å². The minimum absolute atomic E-state index is 0.188. The number of hydrogen-bond donors (Lipinski definition) is 2. The number of aromatic nitrogens is 1. The molecule has 0 aliphatic heterocycles. The van der Waals surface area contributed by atoms with Crippen molar-refractivity contribution >= 4 is 5.91 Å². The number of halogens is 3. The van der Waals surface area contributed by atoms with Gasteiger partial charge in [0, 0.05) is 0 Å². The Balaban J connectivity index is 1.83. The van der Waals surface area contributed by atoms with Crippen LogP contribution in [0.15, 0.2) is 47.3 Å². The summed E-state index contributed by atoms with van der Waals surface area (Å²) in [6, 6.07) is 10.8. The third-order valence-electron chi connectivity index (χ3n) is 4.50. The molecule has 1 saturated carbocycles. The molecule has 1 heterocycles. The van der Waals surface area contributed by atoms with E-state index in [1.807, 2.05) is 35.3 Å². The molecule has 3 atom stereocenters. The molecule has 1 fully saturated rings. The zero-order valence-corrected chi connectivity index (χ0v) is 13.4. The predicted molar refractivity (Wildman–Crippen MR) is 86.0 cm³/mol. The van der Waals surface area contributed by atoms with Crippen LogP contribution in [0.25, 0.3) is 0 Å². The number of aromatic amines is 1. The van der Waals surface area contributed by atoms with E-state index >= 15 is 0 Å². The monoisotopic (exact) mass is 350 g/mol. The third-order valence-corrected chi connectivity index (χ3v) is 4.50. The van der Waals surface area contributed by atoms with Crippen LogP contribution < -0.4 is 10.9 Å². The van der Waals surface area contributed by atoms with Crippen LogP contribution in [0, 0.1) is 11.8 Å². The normalized spacial score (nSPS) is 20.8. The van der Waals surface area contributed by atoms with Crippen LogP contribution in [-0.2, 0) is 6.18 Å². The minimum Gasteiger partial charge on any atom is -0.344 e. The molecule has 0 spiro atoms. The quantitative estimate of drug-likeness (QED) is 0.886. The first kappa shape index (κ1) is 17.3. The van der Waals surface area contributed by atoms with Gasteiger partial charge in [0.1, 0.15) is 11.3 Å². The van der Waals surface area contributed by atoms with Crippen LogP contribution in [0.3, 0.4) is 0 Å². The summed E-state index contributed by atoms with van der Waals surface area (Å²) in [6.07, 6.45) is -3.79. The highest BCUT2D eigenvalue weighted by Gasteiger charge is 2.41. The van der Waals surface area contributed by atoms with Crippen molar-refractivity contribution in [3.05, 3.63) is 69.6 Å². The van der Waals surface area contributed by atoms with Crippen LogP contribution >= 0.6 is 0 Å². The highest BCUT2D eigenvalue weighted by Crippen LogP contribution is 2.47. The molecular formula is C18H17F3N2O2. The second kappa shape index (κ2) is 6.38. The molecule has 1 aromatic heterocycles. The maximum atomic E-state index is 12.6. The summed E-state index contributed by atoms with van der Waals surface area (Å²) < 4.78 is 37.9. The van der Waals surface area contributed by atoms with Gasteiger partial charge in [-0.1, -0.05) is 37.3 Å². The zero-order valence-electron chi connectivity index (χ0n) is 13.4. The second-order valence-electron chi connectivity index (χ2n) is 6.35. The molecule has 3 unspecified atom stereocenters. The Bertz CT molecular complexity index is 830. The van der Waals surface area contributed by atoms with Gasteiger partial charge in [-0.25, -0.2) is 0 Å². The molecule has 2 aromatic rings. The molecule has 2 N–H and O–H groups in total. The van der Waals surface area contributed by atoms with Crippen molar-refractivity contribution in [3.63, 3.8) is 0 Å². The zero-order chi connectivity index (χ0) is 18.2. The molecule has 1 amide bonds. The molecule has 25 heavy (non-hydrogen) atoms. The Hall–Kier alpha value is -2.57. The summed E-state index contributed by atoms with van der Waals surface area (Å²) in [6.45, 7) is 2.08. The van der Waals surface area contributed by atoms with Crippen molar-refractivity contribution in [1.29, 1.82) is 0 Å². The summed E-state index contributed by atoms with van der Waals surface area (Å²) in [5, 5.41) is 2.84. The molecule has 0 saturated heterocycles. The smallest absolute Gasteiger partial charge is 0.344 e. The Labute approximate surface area is 142 Å². The van der Waals surface area contributed by atoms with E-state index in [9.17, 15) is 22.8 Å². The fourth-order valence-electron chi connectivity index (χ4n) is 2.96. The predicted octanol–water partition coefficient (Wildman–Crippen LogP) is 3.52. The number of pyridine rings is 1. The average Bonchev–Trinajstić information content (AvgIpc) is 3.28. The van der Waals surface area contributed by atoms with Crippen LogP contribution in [-0.4, -0.2) is 10.9 Å². The van der Waals surface area contributed by atoms with Crippen molar-refractivity contribution in [3.8, 4) is 0 Å². The largest absolute Gasteiger partial charge is 0.421 e. The lowest BCUT2D eigenvalue weighted by molar-refractivity contribution is -0.138. The van der Waals surface area contributed by atoms with E-state index in [0.717, 1.165) is 18.1 Å². The highest BCUT2D eigenvalue weighted by molar-refractivity contribution is 5.92. The van der Waals surface area contributed by atoms with Gasteiger partial charge in [-0.3, -0.25) is 9.59 Å². The Morgan fingerprint density at radius 3 is 2.36 bits per heavy atom. The van der Waals surface area contributed by atoms with Crippen molar-refractivity contribution in [2.75, 3.05) is 0 Å². The number of rotatable bonds is 4. The van der Waals surface area contributed by atoms with Gasteiger partial charge >= 0.3 is 6.18 Å². The SMILES string of the molecule is CC1CC1C(NC(=O)c1ccc(C(F)(F)F)c(=O)[nH]1)c1ccccc1. The van der Waals surface area contributed by atoms with Gasteiger partial charge in [-0.2, -0.15) is 13.2 Å². The van der Waals surface area contributed by atoms with Gasteiger partial charge in [-0.15, -0.1) is 0 Å². The van der Waals surface area contributed by atoms with E-state index in [1.54, 1.807) is 0 Å². The fourth-order valence-corrected chi connectivity index (χ4v) is 2.96. The van der Waals surface area contributed by atoms with E-state index in [2.05, 4.69) is 12.2 Å². The van der Waals surface area contributed by atoms with Crippen molar-refractivity contribution < 1.29 is 18.0 Å². The maximum absolute atomic E-state index is 12.6. The van der Waals surface area contributed by atoms with Gasteiger partial charge in [0.2, 0.25) is 0 Å². The molecule has 0 radical (unpaired) electrons. The summed E-state index contributed by atoms with van der Waals surface area (Å²) in [7, 11) is 0. The molecule has 1 aliphatic carbocycles. The van der Waals surface area contributed by atoms with Crippen molar-refractivity contribution in [2.45, 2.75) is 25.6 Å². The minimum atomic E-state index is -4.75. The number of alkyl halides is 3. The molecule has 1 aromatic carbocycles. The topological polar surface area (TPSA) is 62.0 Å². The molecule has 1 aliphatic rings. The third kappa shape index (κ3) is 3.75. The maximum Gasteiger partial charge on any atom is 0.421 e. The summed E-state index contributed by atoms with van der Waals surface area (Å²) in [5.41, 5.74) is -1.90. The van der Waals surface area contributed by atoms with E-state index in [4.69, 9.17) is 0 Å². The molecule has 4 nitrogen and oxygen atoms in total. The number of amides is 1. The van der Waals surface area contributed by atoms with Gasteiger partial charge in [0.05, 0.1) is 6.04 Å². The van der Waals surface area contributed by atoms with E-state index < -0.39 is 23.2 Å². The molecule has 3 rings (SSSR count). The van der Waals surface area contributed by atoms with Crippen LogP contribution in [0.2, 0.25) is 0 Å². The van der Waals surface area contributed by atoms with Crippen LogP contribution in [0.5, 0.6) is 0 Å². The van der Waals surface area contributed by atoms with Crippen LogP contribution in [0.1, 0.15) is 41.0 Å². The number of hydrogen-bond acceptors (Lipinski definition) is 2. The number of benzene rings is 1. The second-order valence-corrected chi connectivity index (χ2v) is 6.35. The van der Waals surface area contributed by atoms with Gasteiger partial charge < -0.3 is 10.3 Å². The first-order valence-electron chi connectivity index (χ1n) is 7.93. The lowest BCUT2D eigenvalue weighted by Crippen LogP contribution is -2.33. The molecule has 7 heteroatoms. The number of nitrogens with one attached hydrogen (secondary N) is 2. The highest BCUT2D eigenvalue weighted by atomic mass is 19.4. The van der Waals surface area contributed by atoms with Crippen molar-refractivity contribution in [2.24, 2.45) is 11.8 Å². The Morgan fingerprint density at radius 1 is 1.20 bits per heavy atom. The molecular weight excluding hydrogens is 333 g/mol. The fraction of sp³-hybridized carbons (Fsp3) is 0.333. The Morgan fingerprint density at radius 2 is 1.84 bits per heavy atom. The average molecular weight is 350 g/mol. The standard InChI is InChI=1S/C18H17F3N2O2/c1-10-9-12(10)15(11-5-3-2-4-6-11)23-17(25)14-8-7-13(16(24)22-14)18(19,20)21/h2-8,10,12,15H,9H2,1H3,(H,22,24)(H,23,25). The number of H-pyrrole nitrogens is 1. The lowest BCUT2D eigenvalue weighted by atomic mass is 10.0. The summed E-state index contributed by atoms with van der Waals surface area (Å²) >= 11 is 0. The first-order chi connectivity index (χ1) is 11.8. The van der Waals surface area contributed by atoms with E-state index in [0.29, 0.717) is 12.0 Å². The Kier molecular flexibility index (Phi) is 4.41. The van der Waals surface area contributed by atoms with Gasteiger partial charge in [-0.05, 0) is 36.0 Å². The van der Waals surface area contributed by atoms with E-state index in [1.165, 1.54) is 0 Å². The number of carbonyl (C=O) groups is 1. The summed E-state index contributed by atoms with van der Waals surface area (Å²) in [4.78, 5) is 26.0.